The molecule has 0 radical (unpaired) electrons. The van der Waals surface area contributed by atoms with E-state index in [4.69, 9.17) is 9.72 Å². The van der Waals surface area contributed by atoms with Gasteiger partial charge >= 0.3 is 0 Å². The molecule has 31 heavy (non-hydrogen) atoms. The molecular formula is C22H33N5O3S. The van der Waals surface area contributed by atoms with E-state index in [0.717, 1.165) is 48.6 Å². The molecule has 9 heteroatoms. The van der Waals surface area contributed by atoms with Crippen LogP contribution in [0.5, 0.6) is 5.75 Å². The number of hydrogen-bond acceptors (Lipinski definition) is 7. The molecule has 1 aliphatic heterocycles. The third-order valence-corrected chi connectivity index (χ3v) is 7.61. The molecule has 3 rings (SSSR count). The van der Waals surface area contributed by atoms with Gasteiger partial charge in [0.15, 0.2) is 0 Å². The largest absolute Gasteiger partial charge is 0.495 e. The SMILES string of the molecule is COc1cc(C)c(C)cc1S(=O)(=O)N(C)Cc1nc([C@@H]2CCCNC2)cc(N(C)C)n1. The van der Waals surface area contributed by atoms with E-state index in [2.05, 4.69) is 10.3 Å². The number of anilines is 1. The van der Waals surface area contributed by atoms with Gasteiger partial charge < -0.3 is 15.0 Å². The number of nitrogens with one attached hydrogen (secondary N) is 1. The van der Waals surface area contributed by atoms with Crippen LogP contribution in [0.15, 0.2) is 23.1 Å². The van der Waals surface area contributed by atoms with Crippen LogP contribution in [0.25, 0.3) is 0 Å². The summed E-state index contributed by atoms with van der Waals surface area (Å²) < 4.78 is 33.4. The monoisotopic (exact) mass is 447 g/mol. The van der Waals surface area contributed by atoms with Crippen LogP contribution >= 0.6 is 0 Å². The minimum atomic E-state index is -3.79. The van der Waals surface area contributed by atoms with Crippen LogP contribution < -0.4 is 15.0 Å². The third-order valence-electron chi connectivity index (χ3n) is 5.78. The van der Waals surface area contributed by atoms with Gasteiger partial charge in [0.25, 0.3) is 0 Å². The summed E-state index contributed by atoms with van der Waals surface area (Å²) in [5, 5.41) is 3.42. The smallest absolute Gasteiger partial charge is 0.246 e. The number of rotatable bonds is 7. The predicted molar refractivity (Wildman–Crippen MR) is 122 cm³/mol. The number of hydrogen-bond donors (Lipinski definition) is 1. The van der Waals surface area contributed by atoms with Crippen molar-refractivity contribution in [3.63, 3.8) is 0 Å². The van der Waals surface area contributed by atoms with Crippen molar-refractivity contribution >= 4 is 15.8 Å². The minimum Gasteiger partial charge on any atom is -0.495 e. The molecule has 0 aliphatic carbocycles. The van der Waals surface area contributed by atoms with Gasteiger partial charge in [0.05, 0.1) is 19.3 Å². The molecule has 1 aromatic heterocycles. The van der Waals surface area contributed by atoms with Crippen molar-refractivity contribution in [2.24, 2.45) is 0 Å². The number of ether oxygens (including phenoxy) is 1. The maximum Gasteiger partial charge on any atom is 0.246 e. The van der Waals surface area contributed by atoms with Gasteiger partial charge in [-0.05, 0) is 56.5 Å². The average Bonchev–Trinajstić information content (AvgIpc) is 2.75. The van der Waals surface area contributed by atoms with Gasteiger partial charge in [0.2, 0.25) is 10.0 Å². The lowest BCUT2D eigenvalue weighted by Gasteiger charge is -2.25. The van der Waals surface area contributed by atoms with E-state index >= 15 is 0 Å². The number of benzene rings is 1. The maximum absolute atomic E-state index is 13.4. The Morgan fingerprint density at radius 3 is 2.45 bits per heavy atom. The Bertz CT molecular complexity index is 1030. The van der Waals surface area contributed by atoms with Crippen LogP contribution in [0.4, 0.5) is 5.82 Å². The van der Waals surface area contributed by atoms with Crippen molar-refractivity contribution in [1.29, 1.82) is 0 Å². The van der Waals surface area contributed by atoms with Crippen LogP contribution in [0.1, 0.15) is 41.4 Å². The summed E-state index contributed by atoms with van der Waals surface area (Å²) in [4.78, 5) is 11.4. The van der Waals surface area contributed by atoms with Gasteiger partial charge in [-0.15, -0.1) is 0 Å². The van der Waals surface area contributed by atoms with Gasteiger partial charge in [0, 0.05) is 39.7 Å². The predicted octanol–water partition coefficient (Wildman–Crippen LogP) is 2.46. The van der Waals surface area contributed by atoms with Crippen LogP contribution in [0, 0.1) is 13.8 Å². The highest BCUT2D eigenvalue weighted by molar-refractivity contribution is 7.89. The summed E-state index contributed by atoms with van der Waals surface area (Å²) in [6.07, 6.45) is 2.16. The third kappa shape index (κ3) is 5.16. The van der Waals surface area contributed by atoms with Crippen molar-refractivity contribution < 1.29 is 13.2 Å². The van der Waals surface area contributed by atoms with Crippen molar-refractivity contribution in [3.05, 3.63) is 40.8 Å². The zero-order chi connectivity index (χ0) is 22.8. The molecule has 1 aliphatic rings. The molecule has 2 heterocycles. The zero-order valence-electron chi connectivity index (χ0n) is 19.3. The lowest BCUT2D eigenvalue weighted by molar-refractivity contribution is 0.396. The number of methoxy groups -OCH3 is 1. The Labute approximate surface area is 185 Å². The summed E-state index contributed by atoms with van der Waals surface area (Å²) in [7, 11) is 3.10. The normalized spacial score (nSPS) is 17.1. The first-order valence-electron chi connectivity index (χ1n) is 10.5. The lowest BCUT2D eigenvalue weighted by Crippen LogP contribution is -2.31. The fourth-order valence-electron chi connectivity index (χ4n) is 3.69. The highest BCUT2D eigenvalue weighted by Crippen LogP contribution is 2.30. The summed E-state index contributed by atoms with van der Waals surface area (Å²) in [5.74, 6) is 1.91. The van der Waals surface area contributed by atoms with Gasteiger partial charge in [-0.2, -0.15) is 4.31 Å². The van der Waals surface area contributed by atoms with Crippen molar-refractivity contribution in [2.75, 3.05) is 46.2 Å². The number of aryl methyl sites for hydroxylation is 2. The Morgan fingerprint density at radius 1 is 1.13 bits per heavy atom. The van der Waals surface area contributed by atoms with Gasteiger partial charge in [-0.25, -0.2) is 18.4 Å². The second-order valence-corrected chi connectivity index (χ2v) is 10.4. The summed E-state index contributed by atoms with van der Waals surface area (Å²) in [6.45, 7) is 5.79. The van der Waals surface area contributed by atoms with E-state index in [9.17, 15) is 8.42 Å². The Balaban J connectivity index is 1.94. The van der Waals surface area contributed by atoms with E-state index in [0.29, 0.717) is 17.5 Å². The van der Waals surface area contributed by atoms with Gasteiger partial charge in [0.1, 0.15) is 22.3 Å². The summed E-state index contributed by atoms with van der Waals surface area (Å²) in [6, 6.07) is 5.42. The van der Waals surface area contributed by atoms with Crippen molar-refractivity contribution in [3.8, 4) is 5.75 Å². The molecule has 0 unspecified atom stereocenters. The van der Waals surface area contributed by atoms with E-state index in [1.54, 1.807) is 19.2 Å². The molecular weight excluding hydrogens is 414 g/mol. The Hall–Kier alpha value is -2.23. The van der Waals surface area contributed by atoms with Gasteiger partial charge in [-0.1, -0.05) is 0 Å². The molecule has 1 saturated heterocycles. The quantitative estimate of drug-likeness (QED) is 0.697. The van der Waals surface area contributed by atoms with Crippen LogP contribution in [0.3, 0.4) is 0 Å². The lowest BCUT2D eigenvalue weighted by atomic mass is 9.96. The molecule has 170 valence electrons. The summed E-state index contributed by atoms with van der Waals surface area (Å²) in [5.41, 5.74) is 2.83. The van der Waals surface area contributed by atoms with Crippen LogP contribution in [0.2, 0.25) is 0 Å². The summed E-state index contributed by atoms with van der Waals surface area (Å²) >= 11 is 0. The fraction of sp³-hybridized carbons (Fsp3) is 0.545. The van der Waals surface area contributed by atoms with Crippen molar-refractivity contribution in [1.82, 2.24) is 19.6 Å². The molecule has 2 aromatic rings. The molecule has 1 fully saturated rings. The highest BCUT2D eigenvalue weighted by Gasteiger charge is 2.27. The first-order valence-corrected chi connectivity index (χ1v) is 11.9. The van der Waals surface area contributed by atoms with Gasteiger partial charge in [-0.3, -0.25) is 0 Å². The number of sulfonamides is 1. The average molecular weight is 448 g/mol. The van der Waals surface area contributed by atoms with E-state index < -0.39 is 10.0 Å². The first-order chi connectivity index (χ1) is 14.6. The fourth-order valence-corrected chi connectivity index (χ4v) is 5.04. The molecule has 1 atom stereocenters. The second kappa shape index (κ2) is 9.50. The number of piperidine rings is 1. The minimum absolute atomic E-state index is 0.0766. The molecule has 0 amide bonds. The standard InChI is InChI=1S/C22H33N5O3S/c1-15-10-19(30-6)20(11-16(15)2)31(28,29)27(5)14-21-24-18(12-22(25-21)26(3)4)17-8-7-9-23-13-17/h10-12,17,23H,7-9,13-14H2,1-6H3/t17-/m1/s1. The zero-order valence-corrected chi connectivity index (χ0v) is 20.1. The molecule has 0 bridgehead atoms. The first kappa shape index (κ1) is 23.4. The van der Waals surface area contributed by atoms with E-state index in [1.807, 2.05) is 38.9 Å². The molecule has 1 aromatic carbocycles. The molecule has 1 N–H and O–H groups in total. The second-order valence-electron chi connectivity index (χ2n) is 8.35. The molecule has 0 saturated carbocycles. The van der Waals surface area contributed by atoms with E-state index in [-0.39, 0.29) is 11.4 Å². The topological polar surface area (TPSA) is 87.7 Å². The van der Waals surface area contributed by atoms with Crippen LogP contribution in [-0.2, 0) is 16.6 Å². The maximum atomic E-state index is 13.4. The molecule has 0 spiro atoms. The highest BCUT2D eigenvalue weighted by atomic mass is 32.2. The van der Waals surface area contributed by atoms with Crippen molar-refractivity contribution in [2.45, 2.75) is 44.0 Å². The number of nitrogens with zero attached hydrogens (tertiary/aromatic N) is 4. The Kier molecular flexibility index (Phi) is 7.18. The molecule has 8 nitrogen and oxygen atoms in total. The van der Waals surface area contributed by atoms with E-state index in [1.165, 1.54) is 11.4 Å². The van der Waals surface area contributed by atoms with Crippen LogP contribution in [-0.4, -0.2) is 64.0 Å². The Morgan fingerprint density at radius 2 is 1.84 bits per heavy atom. The number of aromatic nitrogens is 2.